The molecule has 2 heteroatoms. The van der Waals surface area contributed by atoms with Gasteiger partial charge in [0.1, 0.15) is 5.76 Å². The molecule has 16 heavy (non-hydrogen) atoms. The molecule has 0 aromatic carbocycles. The Morgan fingerprint density at radius 3 is 2.62 bits per heavy atom. The third-order valence-corrected chi connectivity index (χ3v) is 2.90. The normalized spacial score (nSPS) is 23.6. The van der Waals surface area contributed by atoms with Crippen LogP contribution in [0, 0.1) is 5.41 Å². The number of hydrogen-bond donors (Lipinski definition) is 1. The number of rotatable bonds is 2. The lowest BCUT2D eigenvalue weighted by Gasteiger charge is -2.27. The van der Waals surface area contributed by atoms with Crippen LogP contribution in [-0.4, -0.2) is 12.6 Å². The van der Waals surface area contributed by atoms with Gasteiger partial charge in [-0.15, -0.1) is 0 Å². The lowest BCUT2D eigenvalue weighted by atomic mass is 9.82. The molecule has 1 fully saturated rings. The molecule has 2 N–H and O–H groups in total. The van der Waals surface area contributed by atoms with E-state index < -0.39 is 0 Å². The van der Waals surface area contributed by atoms with Crippen LogP contribution in [0.15, 0.2) is 35.6 Å². The number of allylic oxidation sites excluding steroid dienone is 2. The van der Waals surface area contributed by atoms with Crippen molar-refractivity contribution in [1.29, 1.82) is 0 Å². The van der Waals surface area contributed by atoms with Gasteiger partial charge in [-0.05, 0) is 29.6 Å². The van der Waals surface area contributed by atoms with Gasteiger partial charge in [0.05, 0.1) is 6.61 Å². The number of ether oxygens (including phenoxy) is 1. The van der Waals surface area contributed by atoms with Crippen LogP contribution in [0.25, 0.3) is 0 Å². The van der Waals surface area contributed by atoms with E-state index in [4.69, 9.17) is 10.5 Å². The van der Waals surface area contributed by atoms with Crippen LogP contribution in [0.5, 0.6) is 0 Å². The molecule has 0 aromatic heterocycles. The maximum Gasteiger partial charge on any atom is 0.118 e. The second-order valence-electron chi connectivity index (χ2n) is 5.34. The largest absolute Gasteiger partial charge is 0.493 e. The minimum absolute atomic E-state index is 0.0151. The molecule has 1 unspecified atom stereocenters. The summed E-state index contributed by atoms with van der Waals surface area (Å²) in [6, 6.07) is -0.0151. The lowest BCUT2D eigenvalue weighted by molar-refractivity contribution is 0.265. The summed E-state index contributed by atoms with van der Waals surface area (Å²) in [5.74, 6) is 0.974. The van der Waals surface area contributed by atoms with Crippen molar-refractivity contribution in [3.05, 3.63) is 35.6 Å². The minimum atomic E-state index is -0.0151. The topological polar surface area (TPSA) is 35.2 Å². The Labute approximate surface area is 98.9 Å². The number of hydrogen-bond acceptors (Lipinski definition) is 2. The Balaban J connectivity index is 2.81. The van der Waals surface area contributed by atoms with Crippen molar-refractivity contribution in [2.24, 2.45) is 11.1 Å². The second-order valence-corrected chi connectivity index (χ2v) is 5.34. The number of nitrogens with two attached hydrogens (primary N) is 1. The van der Waals surface area contributed by atoms with Crippen molar-refractivity contribution in [3.8, 4) is 0 Å². The highest BCUT2D eigenvalue weighted by atomic mass is 16.5. The summed E-state index contributed by atoms with van der Waals surface area (Å²) in [5.41, 5.74) is 8.39. The Morgan fingerprint density at radius 2 is 2.12 bits per heavy atom. The summed E-state index contributed by atoms with van der Waals surface area (Å²) < 4.78 is 5.49. The second kappa shape index (κ2) is 4.88. The summed E-state index contributed by atoms with van der Waals surface area (Å²) in [6.45, 7) is 13.2. The zero-order valence-corrected chi connectivity index (χ0v) is 10.8. The first-order valence-electron chi connectivity index (χ1n) is 5.80. The molecule has 1 aliphatic rings. The molecule has 0 radical (unpaired) electrons. The summed E-state index contributed by atoms with van der Waals surface area (Å²) in [4.78, 5) is 0. The highest BCUT2D eigenvalue weighted by Gasteiger charge is 2.23. The summed E-state index contributed by atoms with van der Waals surface area (Å²) in [6.07, 6.45) is 5.03. The molecule has 1 aliphatic heterocycles. The predicted molar refractivity (Wildman–Crippen MR) is 69.0 cm³/mol. The van der Waals surface area contributed by atoms with Crippen molar-refractivity contribution < 1.29 is 4.74 Å². The van der Waals surface area contributed by atoms with Crippen LogP contribution < -0.4 is 5.73 Å². The fourth-order valence-electron chi connectivity index (χ4n) is 1.77. The van der Waals surface area contributed by atoms with E-state index in [2.05, 4.69) is 33.4 Å². The Morgan fingerprint density at radius 1 is 1.50 bits per heavy atom. The standard InChI is InChI=1S/C14H23NO/c1-6-12-11(7-8-16-12)9-10(2)13(15)14(3,4)5/h6,9,13H,2,7-8,15H2,1,3-5H3/b11-9-,12-6+. The van der Waals surface area contributed by atoms with E-state index in [0.29, 0.717) is 0 Å². The molecule has 0 aromatic rings. The van der Waals surface area contributed by atoms with Gasteiger partial charge in [0.15, 0.2) is 0 Å². The highest BCUT2D eigenvalue weighted by Crippen LogP contribution is 2.28. The van der Waals surface area contributed by atoms with Crippen LogP contribution in [0.4, 0.5) is 0 Å². The summed E-state index contributed by atoms with van der Waals surface area (Å²) in [7, 11) is 0. The Hall–Kier alpha value is -1.02. The molecular weight excluding hydrogens is 198 g/mol. The van der Waals surface area contributed by atoms with Crippen LogP contribution in [0.1, 0.15) is 34.1 Å². The van der Waals surface area contributed by atoms with Crippen molar-refractivity contribution in [2.75, 3.05) is 6.61 Å². The highest BCUT2D eigenvalue weighted by molar-refractivity contribution is 5.37. The average Bonchev–Trinajstić information content (AvgIpc) is 2.62. The van der Waals surface area contributed by atoms with Gasteiger partial charge in [-0.1, -0.05) is 33.4 Å². The van der Waals surface area contributed by atoms with Crippen LogP contribution in [0.3, 0.4) is 0 Å². The molecule has 1 rings (SSSR count). The molecule has 90 valence electrons. The van der Waals surface area contributed by atoms with E-state index >= 15 is 0 Å². The molecule has 0 aliphatic carbocycles. The lowest BCUT2D eigenvalue weighted by Crippen LogP contribution is -2.36. The minimum Gasteiger partial charge on any atom is -0.493 e. The molecule has 0 saturated carbocycles. The molecule has 1 saturated heterocycles. The predicted octanol–water partition coefficient (Wildman–Crippen LogP) is 3.17. The fraction of sp³-hybridized carbons (Fsp3) is 0.571. The van der Waals surface area contributed by atoms with E-state index in [-0.39, 0.29) is 11.5 Å². The molecule has 0 spiro atoms. The van der Waals surface area contributed by atoms with Crippen LogP contribution in [-0.2, 0) is 4.74 Å². The fourth-order valence-corrected chi connectivity index (χ4v) is 1.77. The molecule has 1 heterocycles. The van der Waals surface area contributed by atoms with Crippen LogP contribution >= 0.6 is 0 Å². The first-order chi connectivity index (χ1) is 7.36. The summed E-state index contributed by atoms with van der Waals surface area (Å²) in [5, 5.41) is 0. The van der Waals surface area contributed by atoms with Gasteiger partial charge in [-0.25, -0.2) is 0 Å². The third kappa shape index (κ3) is 2.99. The van der Waals surface area contributed by atoms with E-state index in [1.807, 2.05) is 13.0 Å². The zero-order chi connectivity index (χ0) is 12.3. The molecule has 2 nitrogen and oxygen atoms in total. The van der Waals surface area contributed by atoms with Crippen molar-refractivity contribution >= 4 is 0 Å². The van der Waals surface area contributed by atoms with Crippen LogP contribution in [0.2, 0.25) is 0 Å². The Kier molecular flexibility index (Phi) is 3.98. The quantitative estimate of drug-likeness (QED) is 0.777. The first kappa shape index (κ1) is 13.0. The smallest absolute Gasteiger partial charge is 0.118 e. The summed E-state index contributed by atoms with van der Waals surface area (Å²) >= 11 is 0. The van der Waals surface area contributed by atoms with Gasteiger partial charge in [0, 0.05) is 12.5 Å². The maximum atomic E-state index is 6.15. The van der Waals surface area contributed by atoms with Gasteiger partial charge in [-0.3, -0.25) is 0 Å². The van der Waals surface area contributed by atoms with Gasteiger partial charge in [-0.2, -0.15) is 0 Å². The SMILES string of the molecule is C=C(/C=C1/CCO/C1=C/C)C(N)C(C)(C)C. The van der Waals surface area contributed by atoms with Crippen molar-refractivity contribution in [3.63, 3.8) is 0 Å². The molecular formula is C14H23NO. The van der Waals surface area contributed by atoms with Gasteiger partial charge in [0.25, 0.3) is 0 Å². The van der Waals surface area contributed by atoms with Gasteiger partial charge < -0.3 is 10.5 Å². The van der Waals surface area contributed by atoms with E-state index in [1.165, 1.54) is 5.57 Å². The average molecular weight is 221 g/mol. The molecule has 0 bridgehead atoms. The molecule has 0 amide bonds. The maximum absolute atomic E-state index is 6.15. The Bertz CT molecular complexity index is 331. The molecule has 1 atom stereocenters. The van der Waals surface area contributed by atoms with E-state index in [9.17, 15) is 0 Å². The van der Waals surface area contributed by atoms with Gasteiger partial charge in [0.2, 0.25) is 0 Å². The van der Waals surface area contributed by atoms with Crippen molar-refractivity contribution in [2.45, 2.75) is 40.2 Å². The monoisotopic (exact) mass is 221 g/mol. The van der Waals surface area contributed by atoms with E-state index in [0.717, 1.165) is 24.4 Å². The van der Waals surface area contributed by atoms with E-state index in [1.54, 1.807) is 0 Å². The van der Waals surface area contributed by atoms with Gasteiger partial charge >= 0.3 is 0 Å². The van der Waals surface area contributed by atoms with Crippen molar-refractivity contribution in [1.82, 2.24) is 0 Å². The third-order valence-electron chi connectivity index (χ3n) is 2.90. The first-order valence-corrected chi connectivity index (χ1v) is 5.80. The zero-order valence-electron chi connectivity index (χ0n) is 10.8.